The molecule has 1 aliphatic heterocycles. The van der Waals surface area contributed by atoms with E-state index in [1.807, 2.05) is 5.43 Å². The molecule has 1 saturated heterocycles. The van der Waals surface area contributed by atoms with Crippen molar-refractivity contribution in [1.29, 1.82) is 0 Å². The predicted octanol–water partition coefficient (Wildman–Crippen LogP) is 1.59. The molecule has 0 aliphatic carbocycles. The van der Waals surface area contributed by atoms with Crippen LogP contribution in [-0.4, -0.2) is 35.1 Å². The van der Waals surface area contributed by atoms with Crippen LogP contribution in [0.4, 0.5) is 18.9 Å². The lowest BCUT2D eigenvalue weighted by atomic mass is 10.0. The number of likely N-dealkylation sites (tertiary alicyclic amines) is 1. The molecule has 21 heavy (non-hydrogen) atoms. The lowest BCUT2D eigenvalue weighted by Crippen LogP contribution is -2.42. The van der Waals surface area contributed by atoms with Crippen LogP contribution in [0.2, 0.25) is 0 Å². The van der Waals surface area contributed by atoms with Crippen molar-refractivity contribution in [2.45, 2.75) is 25.1 Å². The number of nitrogens with zero attached hydrogens (tertiary/aromatic N) is 1. The molecule has 0 spiro atoms. The van der Waals surface area contributed by atoms with E-state index in [1.165, 1.54) is 11.0 Å². The van der Waals surface area contributed by atoms with E-state index >= 15 is 0 Å². The highest BCUT2D eigenvalue weighted by molar-refractivity contribution is 6.00. The van der Waals surface area contributed by atoms with E-state index < -0.39 is 29.4 Å². The van der Waals surface area contributed by atoms with Crippen LogP contribution in [0, 0.1) is 0 Å². The Hall–Kier alpha value is -1.80. The van der Waals surface area contributed by atoms with Gasteiger partial charge < -0.3 is 15.4 Å². The lowest BCUT2D eigenvalue weighted by molar-refractivity contribution is -0.137. The van der Waals surface area contributed by atoms with E-state index in [4.69, 9.17) is 5.84 Å². The average Bonchev–Trinajstić information content (AvgIpc) is 2.44. The Kier molecular flexibility index (Phi) is 4.38. The minimum absolute atomic E-state index is 0.110. The number of alkyl halides is 3. The molecular formula is C13H16F3N3O2. The molecule has 1 atom stereocenters. The molecule has 1 fully saturated rings. The van der Waals surface area contributed by atoms with Crippen molar-refractivity contribution in [3.05, 3.63) is 29.3 Å². The van der Waals surface area contributed by atoms with Crippen LogP contribution in [-0.2, 0) is 6.18 Å². The Morgan fingerprint density at radius 1 is 1.43 bits per heavy atom. The molecule has 5 nitrogen and oxygen atoms in total. The molecule has 1 amide bonds. The third-order valence-corrected chi connectivity index (χ3v) is 3.43. The van der Waals surface area contributed by atoms with Gasteiger partial charge in [0.25, 0.3) is 5.91 Å². The van der Waals surface area contributed by atoms with Gasteiger partial charge in [0.2, 0.25) is 0 Å². The number of aliphatic hydroxyl groups is 1. The Labute approximate surface area is 119 Å². The lowest BCUT2D eigenvalue weighted by Gasteiger charge is -2.31. The first kappa shape index (κ1) is 15.6. The molecule has 0 aromatic heterocycles. The topological polar surface area (TPSA) is 78.6 Å². The van der Waals surface area contributed by atoms with Crippen LogP contribution in [0.3, 0.4) is 0 Å². The number of aliphatic hydroxyl groups excluding tert-OH is 1. The normalized spacial score (nSPS) is 19.5. The Bertz CT molecular complexity index is 534. The van der Waals surface area contributed by atoms with Crippen molar-refractivity contribution in [3.8, 4) is 0 Å². The number of nitrogens with two attached hydrogens (primary N) is 1. The number of carbonyl (C=O) groups is 1. The summed E-state index contributed by atoms with van der Waals surface area (Å²) in [5.41, 5.74) is 0.379. The highest BCUT2D eigenvalue weighted by Gasteiger charge is 2.36. The molecular weight excluding hydrogens is 287 g/mol. The maximum atomic E-state index is 12.9. The van der Waals surface area contributed by atoms with Crippen molar-refractivity contribution in [2.75, 3.05) is 18.5 Å². The fourth-order valence-corrected chi connectivity index (χ4v) is 2.43. The summed E-state index contributed by atoms with van der Waals surface area (Å²) in [6, 6.07) is 3.31. The molecule has 1 aromatic carbocycles. The summed E-state index contributed by atoms with van der Waals surface area (Å²) in [5.74, 6) is 4.60. The largest absolute Gasteiger partial charge is 0.418 e. The van der Waals surface area contributed by atoms with Gasteiger partial charge in [-0.3, -0.25) is 10.6 Å². The summed E-state index contributed by atoms with van der Waals surface area (Å²) in [5, 5.41) is 9.57. The molecule has 1 unspecified atom stereocenters. The van der Waals surface area contributed by atoms with Crippen molar-refractivity contribution in [3.63, 3.8) is 0 Å². The molecule has 116 valence electrons. The van der Waals surface area contributed by atoms with Crippen molar-refractivity contribution in [2.24, 2.45) is 5.84 Å². The highest BCUT2D eigenvalue weighted by Crippen LogP contribution is 2.36. The second kappa shape index (κ2) is 5.90. The van der Waals surface area contributed by atoms with Crippen molar-refractivity contribution < 1.29 is 23.1 Å². The molecule has 4 N–H and O–H groups in total. The van der Waals surface area contributed by atoms with Gasteiger partial charge in [-0.05, 0) is 25.0 Å². The second-order valence-electron chi connectivity index (χ2n) is 4.92. The van der Waals surface area contributed by atoms with Gasteiger partial charge in [0.1, 0.15) is 0 Å². The summed E-state index contributed by atoms with van der Waals surface area (Å²) < 4.78 is 38.8. The SMILES string of the molecule is NNc1c(C(=O)N2CCCC(O)C2)cccc1C(F)(F)F. The standard InChI is InChI=1S/C13H16F3N3O2/c14-13(15,16)10-5-1-4-9(11(10)18-17)12(21)19-6-2-3-8(20)7-19/h1,4-5,8,18,20H,2-3,6-7,17H2. The molecule has 0 saturated carbocycles. The Morgan fingerprint density at radius 2 is 2.14 bits per heavy atom. The minimum Gasteiger partial charge on any atom is -0.391 e. The first-order valence-corrected chi connectivity index (χ1v) is 6.48. The fourth-order valence-electron chi connectivity index (χ4n) is 2.43. The van der Waals surface area contributed by atoms with Gasteiger partial charge in [0, 0.05) is 13.1 Å². The minimum atomic E-state index is -4.61. The quantitative estimate of drug-likeness (QED) is 0.572. The summed E-state index contributed by atoms with van der Waals surface area (Å²) in [4.78, 5) is 13.7. The number of anilines is 1. The summed E-state index contributed by atoms with van der Waals surface area (Å²) in [6.45, 7) is 0.509. The zero-order valence-electron chi connectivity index (χ0n) is 11.2. The fraction of sp³-hybridized carbons (Fsp3) is 0.462. The van der Waals surface area contributed by atoms with Gasteiger partial charge in [-0.25, -0.2) is 0 Å². The van der Waals surface area contributed by atoms with Gasteiger partial charge in [-0.1, -0.05) is 6.07 Å². The number of nitrogen functional groups attached to an aromatic ring is 1. The number of carbonyl (C=O) groups excluding carboxylic acids is 1. The van der Waals surface area contributed by atoms with Crippen LogP contribution in [0.15, 0.2) is 18.2 Å². The molecule has 1 heterocycles. The number of hydrogen-bond donors (Lipinski definition) is 3. The Morgan fingerprint density at radius 3 is 2.71 bits per heavy atom. The third kappa shape index (κ3) is 3.27. The van der Waals surface area contributed by atoms with Gasteiger partial charge in [0.05, 0.1) is 22.9 Å². The van der Waals surface area contributed by atoms with Crippen LogP contribution < -0.4 is 11.3 Å². The predicted molar refractivity (Wildman–Crippen MR) is 70.4 cm³/mol. The smallest absolute Gasteiger partial charge is 0.391 e. The Balaban J connectivity index is 2.37. The van der Waals surface area contributed by atoms with E-state index in [0.29, 0.717) is 19.4 Å². The summed E-state index contributed by atoms with van der Waals surface area (Å²) >= 11 is 0. The van der Waals surface area contributed by atoms with Crippen LogP contribution in [0.5, 0.6) is 0 Å². The van der Waals surface area contributed by atoms with Crippen LogP contribution in [0.25, 0.3) is 0 Å². The van der Waals surface area contributed by atoms with E-state index in [-0.39, 0.29) is 12.1 Å². The van der Waals surface area contributed by atoms with E-state index in [2.05, 4.69) is 0 Å². The van der Waals surface area contributed by atoms with E-state index in [9.17, 15) is 23.1 Å². The number of hydrazine groups is 1. The number of piperidine rings is 1. The molecule has 2 rings (SSSR count). The zero-order chi connectivity index (χ0) is 15.6. The van der Waals surface area contributed by atoms with Crippen molar-refractivity contribution >= 4 is 11.6 Å². The van der Waals surface area contributed by atoms with Gasteiger partial charge >= 0.3 is 6.18 Å². The second-order valence-corrected chi connectivity index (χ2v) is 4.92. The maximum absolute atomic E-state index is 12.9. The average molecular weight is 303 g/mol. The van der Waals surface area contributed by atoms with E-state index in [0.717, 1.165) is 12.1 Å². The molecule has 8 heteroatoms. The van der Waals surface area contributed by atoms with Crippen LogP contribution >= 0.6 is 0 Å². The number of para-hydroxylation sites is 1. The number of hydrogen-bond acceptors (Lipinski definition) is 4. The van der Waals surface area contributed by atoms with Gasteiger partial charge in [0.15, 0.2) is 0 Å². The highest BCUT2D eigenvalue weighted by atomic mass is 19.4. The molecule has 0 bridgehead atoms. The van der Waals surface area contributed by atoms with Gasteiger partial charge in [-0.2, -0.15) is 13.2 Å². The number of nitrogens with one attached hydrogen (secondary N) is 1. The summed E-state index contributed by atoms with van der Waals surface area (Å²) in [7, 11) is 0. The van der Waals surface area contributed by atoms with Crippen LogP contribution in [0.1, 0.15) is 28.8 Å². The van der Waals surface area contributed by atoms with Gasteiger partial charge in [-0.15, -0.1) is 0 Å². The third-order valence-electron chi connectivity index (χ3n) is 3.43. The first-order valence-electron chi connectivity index (χ1n) is 6.48. The number of rotatable bonds is 2. The summed E-state index contributed by atoms with van der Waals surface area (Å²) in [6.07, 6.45) is -4.08. The van der Waals surface area contributed by atoms with E-state index in [1.54, 1.807) is 0 Å². The molecule has 0 radical (unpaired) electrons. The number of amides is 1. The molecule has 1 aromatic rings. The zero-order valence-corrected chi connectivity index (χ0v) is 11.2. The number of halogens is 3. The first-order chi connectivity index (χ1) is 9.84. The van der Waals surface area contributed by atoms with Crippen molar-refractivity contribution in [1.82, 2.24) is 4.90 Å². The number of benzene rings is 1. The number of β-amino-alcohol motifs (C(OH)–C–C–N with tert-alkyl or cyclic N) is 1. The monoisotopic (exact) mass is 303 g/mol. The molecule has 1 aliphatic rings. The maximum Gasteiger partial charge on any atom is 0.418 e.